The molecule has 6 rings (SSSR count). The Kier molecular flexibility index (Phi) is 5.67. The highest BCUT2D eigenvalue weighted by molar-refractivity contribution is 5.88. The third kappa shape index (κ3) is 4.32. The van der Waals surface area contributed by atoms with Gasteiger partial charge in [0.15, 0.2) is 0 Å². The predicted molar refractivity (Wildman–Crippen MR) is 122 cm³/mol. The first-order chi connectivity index (χ1) is 15.0. The number of anilines is 1. The summed E-state index contributed by atoms with van der Waals surface area (Å²) in [4.78, 5) is 30.3. The standard InChI is InChI=1S/C25H36N4O2/c1-28-6-8-29(9-7-28)22-5-3-2-4-21(22)16-26-23(30)17-27-24(31)25-13-18-10-19(14-25)12-20(11-18)15-25/h2-5,18-20H,6-17H2,1H3,(H,26,30)(H,27,31). The van der Waals surface area contributed by atoms with Crippen molar-refractivity contribution in [3.8, 4) is 0 Å². The second-order valence-corrected chi connectivity index (χ2v) is 10.6. The molecular weight excluding hydrogens is 388 g/mol. The lowest BCUT2D eigenvalue weighted by atomic mass is 9.49. The molecule has 4 saturated carbocycles. The molecule has 2 amide bonds. The molecule has 168 valence electrons. The molecule has 2 N–H and O–H groups in total. The molecule has 5 fully saturated rings. The lowest BCUT2D eigenvalue weighted by Crippen LogP contribution is -2.54. The van der Waals surface area contributed by atoms with Gasteiger partial charge in [-0.05, 0) is 75.0 Å². The van der Waals surface area contributed by atoms with Crippen LogP contribution in [0.15, 0.2) is 24.3 Å². The van der Waals surface area contributed by atoms with Crippen molar-refractivity contribution in [1.82, 2.24) is 15.5 Å². The van der Waals surface area contributed by atoms with Crippen LogP contribution < -0.4 is 15.5 Å². The van der Waals surface area contributed by atoms with Crippen LogP contribution in [0, 0.1) is 23.2 Å². The quantitative estimate of drug-likeness (QED) is 0.736. The van der Waals surface area contributed by atoms with Crippen LogP contribution in [0.4, 0.5) is 5.69 Å². The molecule has 6 nitrogen and oxygen atoms in total. The van der Waals surface area contributed by atoms with Crippen LogP contribution in [0.3, 0.4) is 0 Å². The molecule has 4 bridgehead atoms. The summed E-state index contributed by atoms with van der Waals surface area (Å²) in [7, 11) is 2.15. The number of rotatable bonds is 6. The van der Waals surface area contributed by atoms with Gasteiger partial charge in [0.1, 0.15) is 0 Å². The lowest BCUT2D eigenvalue weighted by Gasteiger charge is -2.55. The molecule has 4 aliphatic carbocycles. The van der Waals surface area contributed by atoms with Gasteiger partial charge in [-0.15, -0.1) is 0 Å². The Morgan fingerprint density at radius 3 is 2.19 bits per heavy atom. The molecule has 0 radical (unpaired) electrons. The summed E-state index contributed by atoms with van der Waals surface area (Å²) < 4.78 is 0. The van der Waals surface area contributed by atoms with E-state index in [4.69, 9.17) is 0 Å². The maximum atomic E-state index is 13.1. The van der Waals surface area contributed by atoms with Gasteiger partial charge in [0, 0.05) is 43.8 Å². The zero-order valence-electron chi connectivity index (χ0n) is 18.7. The van der Waals surface area contributed by atoms with Gasteiger partial charge in [-0.3, -0.25) is 9.59 Å². The minimum Gasteiger partial charge on any atom is -0.369 e. The van der Waals surface area contributed by atoms with Gasteiger partial charge in [0.2, 0.25) is 11.8 Å². The number of hydrogen-bond acceptors (Lipinski definition) is 4. The lowest BCUT2D eigenvalue weighted by molar-refractivity contribution is -0.147. The first-order valence-corrected chi connectivity index (χ1v) is 12.1. The van der Waals surface area contributed by atoms with Crippen molar-refractivity contribution in [1.29, 1.82) is 0 Å². The van der Waals surface area contributed by atoms with E-state index in [0.717, 1.165) is 68.8 Å². The molecule has 1 aromatic rings. The minimum atomic E-state index is -0.191. The van der Waals surface area contributed by atoms with E-state index in [9.17, 15) is 9.59 Å². The molecule has 5 aliphatic rings. The highest BCUT2D eigenvalue weighted by Gasteiger charge is 2.54. The van der Waals surface area contributed by atoms with Gasteiger partial charge >= 0.3 is 0 Å². The zero-order valence-corrected chi connectivity index (χ0v) is 18.7. The number of hydrogen-bond donors (Lipinski definition) is 2. The van der Waals surface area contributed by atoms with Gasteiger partial charge < -0.3 is 20.4 Å². The van der Waals surface area contributed by atoms with E-state index in [-0.39, 0.29) is 23.8 Å². The Bertz CT molecular complexity index is 795. The van der Waals surface area contributed by atoms with Gasteiger partial charge in [-0.2, -0.15) is 0 Å². The SMILES string of the molecule is CN1CCN(c2ccccc2CNC(=O)CNC(=O)C23CC4CC(CC(C4)C2)C3)CC1. The fourth-order valence-electron chi connectivity index (χ4n) is 7.01. The Morgan fingerprint density at radius 2 is 1.55 bits per heavy atom. The molecule has 0 spiro atoms. The molecule has 1 saturated heterocycles. The smallest absolute Gasteiger partial charge is 0.239 e. The normalized spacial score (nSPS) is 32.2. The fourth-order valence-corrected chi connectivity index (χ4v) is 7.01. The highest BCUT2D eigenvalue weighted by Crippen LogP contribution is 2.60. The topological polar surface area (TPSA) is 64.7 Å². The predicted octanol–water partition coefficient (Wildman–Crippen LogP) is 2.39. The summed E-state index contributed by atoms with van der Waals surface area (Å²) in [5, 5.41) is 6.02. The Balaban J connectivity index is 1.13. The third-order valence-electron chi connectivity index (χ3n) is 8.24. The number of carbonyl (C=O) groups is 2. The highest BCUT2D eigenvalue weighted by atomic mass is 16.2. The zero-order chi connectivity index (χ0) is 21.4. The second-order valence-electron chi connectivity index (χ2n) is 10.6. The van der Waals surface area contributed by atoms with Crippen molar-refractivity contribution in [2.45, 2.75) is 45.1 Å². The van der Waals surface area contributed by atoms with E-state index in [1.165, 1.54) is 24.9 Å². The fraction of sp³-hybridized carbons (Fsp3) is 0.680. The summed E-state index contributed by atoms with van der Waals surface area (Å²) in [5.74, 6) is 2.22. The first kappa shape index (κ1) is 20.8. The molecular formula is C25H36N4O2. The average Bonchev–Trinajstić information content (AvgIpc) is 2.76. The van der Waals surface area contributed by atoms with E-state index >= 15 is 0 Å². The van der Waals surface area contributed by atoms with Gasteiger partial charge in [0.05, 0.1) is 6.54 Å². The molecule has 1 aliphatic heterocycles. The molecule has 0 atom stereocenters. The van der Waals surface area contributed by atoms with E-state index in [1.54, 1.807) is 0 Å². The molecule has 0 aromatic heterocycles. The maximum Gasteiger partial charge on any atom is 0.239 e. The van der Waals surface area contributed by atoms with Crippen LogP contribution in [0.1, 0.15) is 44.1 Å². The molecule has 1 aromatic carbocycles. The Morgan fingerprint density at radius 1 is 0.935 bits per heavy atom. The van der Waals surface area contributed by atoms with Gasteiger partial charge in [-0.1, -0.05) is 18.2 Å². The number of para-hydroxylation sites is 1. The first-order valence-electron chi connectivity index (χ1n) is 12.1. The van der Waals surface area contributed by atoms with Crippen molar-refractivity contribution in [2.24, 2.45) is 23.2 Å². The summed E-state index contributed by atoms with van der Waals surface area (Å²) >= 11 is 0. The maximum absolute atomic E-state index is 13.1. The van der Waals surface area contributed by atoms with Crippen LogP contribution in [0.5, 0.6) is 0 Å². The van der Waals surface area contributed by atoms with E-state index in [1.807, 2.05) is 6.07 Å². The van der Waals surface area contributed by atoms with Crippen molar-refractivity contribution in [3.63, 3.8) is 0 Å². The minimum absolute atomic E-state index is 0.0806. The molecule has 0 unspecified atom stereocenters. The van der Waals surface area contributed by atoms with Crippen molar-refractivity contribution < 1.29 is 9.59 Å². The summed E-state index contributed by atoms with van der Waals surface area (Å²) in [6.07, 6.45) is 7.06. The number of likely N-dealkylation sites (N-methyl/N-ethyl adjacent to an activating group) is 1. The van der Waals surface area contributed by atoms with Crippen LogP contribution >= 0.6 is 0 Å². The van der Waals surface area contributed by atoms with Crippen LogP contribution in [0.2, 0.25) is 0 Å². The number of amides is 2. The van der Waals surface area contributed by atoms with Gasteiger partial charge in [-0.25, -0.2) is 0 Å². The Hall–Kier alpha value is -2.08. The number of nitrogens with one attached hydrogen (secondary N) is 2. The molecule has 31 heavy (non-hydrogen) atoms. The van der Waals surface area contributed by atoms with Crippen LogP contribution in [-0.4, -0.2) is 56.5 Å². The van der Waals surface area contributed by atoms with E-state index < -0.39 is 0 Å². The summed E-state index contributed by atoms with van der Waals surface area (Å²) in [5.41, 5.74) is 2.14. The number of piperazine rings is 1. The average molecular weight is 425 g/mol. The van der Waals surface area contributed by atoms with Crippen LogP contribution in [0.25, 0.3) is 0 Å². The van der Waals surface area contributed by atoms with E-state index in [2.05, 4.69) is 45.7 Å². The monoisotopic (exact) mass is 424 g/mol. The number of nitrogens with zero attached hydrogens (tertiary/aromatic N) is 2. The summed E-state index contributed by atoms with van der Waals surface area (Å²) in [6, 6.07) is 8.31. The van der Waals surface area contributed by atoms with Crippen molar-refractivity contribution in [3.05, 3.63) is 29.8 Å². The van der Waals surface area contributed by atoms with Crippen molar-refractivity contribution >= 4 is 17.5 Å². The largest absolute Gasteiger partial charge is 0.369 e. The van der Waals surface area contributed by atoms with E-state index in [0.29, 0.717) is 6.54 Å². The molecule has 1 heterocycles. The molecule has 6 heteroatoms. The Labute approximate surface area is 185 Å². The number of benzene rings is 1. The summed E-state index contributed by atoms with van der Waals surface area (Å²) in [6.45, 7) is 4.69. The van der Waals surface area contributed by atoms with Crippen LogP contribution in [-0.2, 0) is 16.1 Å². The third-order valence-corrected chi connectivity index (χ3v) is 8.24. The number of carbonyl (C=O) groups excluding carboxylic acids is 2. The van der Waals surface area contributed by atoms with Gasteiger partial charge in [0.25, 0.3) is 0 Å². The van der Waals surface area contributed by atoms with Crippen molar-refractivity contribution in [2.75, 3.05) is 44.7 Å². The second kappa shape index (κ2) is 8.45.